The van der Waals surface area contributed by atoms with Crippen LogP contribution in [-0.4, -0.2) is 98.5 Å². The van der Waals surface area contributed by atoms with E-state index in [1.54, 1.807) is 0 Å². The molecule has 3 aliphatic rings. The number of fused-ring (bicyclic) bond motifs is 6. The molecule has 12 nitrogen and oxygen atoms in total. The first-order chi connectivity index (χ1) is 52.1. The highest BCUT2D eigenvalue weighted by Gasteiger charge is 2.52. The Hall–Kier alpha value is -9.83. The molecule has 0 radical (unpaired) electrons. The number of benzene rings is 11. The van der Waals surface area contributed by atoms with Crippen LogP contribution < -0.4 is 60.9 Å². The number of nitrogens with one attached hydrogen (secondary N) is 1. The molecular formula is C95H102BrCl2N3O9. The van der Waals surface area contributed by atoms with Crippen molar-refractivity contribution in [2.75, 3.05) is 59.6 Å². The number of hydrogen-bond acceptors (Lipinski definition) is 9. The fraction of sp³-hybridized carbons (Fsp3) is 0.274. The number of halogens is 3. The standard InChI is InChI=1S/C38H35NO3.C34H36NO3.C23H30NO3.BrH.2ClH/c1-29-20-22-30(23-21-29)26-38(33-16-8-10-18-35(33)42-36-19-11-9-17-34(36)38)37(40)41-25-24-39(27-31-12-4-2-5-13-31)28-32-14-6-3-7-15-32;1-3-35(4-2,26-28-17-9-6-10-18-28)23-24-37-33(36)34(25-27-15-7-5-8-16-27)29-19-11-13-21-31(29)38-32-22-14-12-20-30(32)34;1-16(2)24(5,17(3)4)14-15-26-23(25)22-18-10-6-8-12-20(18)27-21-13-9-7-11-19(21)22;;;/h2-23H,24-28H2,1H3;5-22H,3-4,23-26H2,1-2H3;6-13,16-17,22H,14-15H2,1-5H3;3*1H/q;2*+1;;;/p-2. The molecule has 0 spiro atoms. The molecule has 0 unspecified atom stereocenters. The minimum atomic E-state index is -1.03. The van der Waals surface area contributed by atoms with Crippen LogP contribution in [-0.2, 0) is 71.9 Å². The van der Waals surface area contributed by atoms with Crippen molar-refractivity contribution in [1.29, 1.82) is 0 Å². The Labute approximate surface area is 673 Å². The van der Waals surface area contributed by atoms with Crippen molar-refractivity contribution < 1.29 is 98.5 Å². The summed E-state index contributed by atoms with van der Waals surface area (Å²) in [6, 6.07) is 97.9. The van der Waals surface area contributed by atoms with Crippen LogP contribution in [0, 0.1) is 6.92 Å². The maximum absolute atomic E-state index is 14.5. The van der Waals surface area contributed by atoms with Crippen LogP contribution in [0.1, 0.15) is 114 Å². The molecule has 11 aromatic carbocycles. The minimum absolute atomic E-state index is 0. The van der Waals surface area contributed by atoms with Crippen molar-refractivity contribution in [2.24, 2.45) is 0 Å². The fourth-order valence-electron chi connectivity index (χ4n) is 15.4. The predicted molar refractivity (Wildman–Crippen MR) is 424 cm³/mol. The summed E-state index contributed by atoms with van der Waals surface area (Å²) in [5.74, 6) is 3.12. The monoisotopic (exact) mass is 1580 g/mol. The van der Waals surface area contributed by atoms with Crippen LogP contribution in [0.4, 0.5) is 0 Å². The summed E-state index contributed by atoms with van der Waals surface area (Å²) in [7, 11) is 2.22. The van der Waals surface area contributed by atoms with E-state index in [0.717, 1.165) is 111 Å². The lowest BCUT2D eigenvalue weighted by Gasteiger charge is -2.42. The molecule has 15 heteroatoms. The number of para-hydroxylation sites is 6. The highest BCUT2D eigenvalue weighted by molar-refractivity contribution is 5.92. The summed E-state index contributed by atoms with van der Waals surface area (Å²) in [6.07, 6.45) is 0.976. The summed E-state index contributed by atoms with van der Waals surface area (Å²) < 4.78 is 38.6. The van der Waals surface area contributed by atoms with Gasteiger partial charge >= 0.3 is 17.9 Å². The smallest absolute Gasteiger partial charge is 0.321 e. The van der Waals surface area contributed by atoms with Crippen LogP contribution >= 0.6 is 0 Å². The van der Waals surface area contributed by atoms with Crippen molar-refractivity contribution >= 4 is 17.9 Å². The topological polar surface area (TPSA) is 111 Å². The summed E-state index contributed by atoms with van der Waals surface area (Å²) in [5.41, 5.74) is 10.2. The normalized spacial score (nSPS) is 13.1. The van der Waals surface area contributed by atoms with E-state index in [1.807, 2.05) is 182 Å². The number of carbonyl (C=O) groups is 3. The Morgan fingerprint density at radius 3 is 1.13 bits per heavy atom. The molecule has 1 N–H and O–H groups in total. The van der Waals surface area contributed by atoms with Crippen LogP contribution in [0.15, 0.2) is 291 Å². The van der Waals surface area contributed by atoms with E-state index >= 15 is 0 Å². The third kappa shape index (κ3) is 19.3. The first kappa shape index (κ1) is 84.2. The van der Waals surface area contributed by atoms with Gasteiger partial charge in [0.25, 0.3) is 0 Å². The van der Waals surface area contributed by atoms with Crippen molar-refractivity contribution in [2.45, 2.75) is 110 Å². The number of aryl methyl sites for hydroxylation is 1. The van der Waals surface area contributed by atoms with E-state index < -0.39 is 16.7 Å². The van der Waals surface area contributed by atoms with Gasteiger partial charge in [0.05, 0.1) is 32.2 Å². The lowest BCUT2D eigenvalue weighted by Crippen LogP contribution is -3.10. The predicted octanol–water partition coefficient (Wildman–Crippen LogP) is 9.12. The van der Waals surface area contributed by atoms with E-state index in [2.05, 4.69) is 165 Å². The van der Waals surface area contributed by atoms with Gasteiger partial charge in [-0.05, 0) is 109 Å². The molecule has 110 heavy (non-hydrogen) atoms. The van der Waals surface area contributed by atoms with E-state index in [4.69, 9.17) is 28.4 Å². The van der Waals surface area contributed by atoms with Gasteiger partial charge in [0.15, 0.2) is 0 Å². The second-order valence-corrected chi connectivity index (χ2v) is 29.3. The molecule has 0 saturated carbocycles. The van der Waals surface area contributed by atoms with Gasteiger partial charge < -0.3 is 84.1 Å². The molecule has 11 aromatic rings. The lowest BCUT2D eigenvalue weighted by molar-refractivity contribution is -0.949. The zero-order chi connectivity index (χ0) is 74.8. The van der Waals surface area contributed by atoms with Crippen molar-refractivity contribution in [3.63, 3.8) is 0 Å². The number of likely N-dealkylation sites (N-methyl/N-ethyl adjacent to an activating group) is 2. The molecule has 0 atom stereocenters. The fourth-order valence-corrected chi connectivity index (χ4v) is 15.4. The SMILES string of the molecule is CC(C)[N+](C)(CCOC(=O)C1c2ccccc2Oc2ccccc21)C(C)C.CC[N+](CC)(CCOC(=O)C1(Cc2ccccc2)c2ccccc2Oc2ccccc21)Cc1ccccc1.Cc1ccc(CC2(C(=O)OCC[NH+](Cc3ccccc3)Cc3ccccc3)c3ccccc3Oc3ccccc32)cc1.[Br-].[Cl-].[Cl-]. The second-order valence-electron chi connectivity index (χ2n) is 29.3. The van der Waals surface area contributed by atoms with Crippen LogP contribution in [0.5, 0.6) is 34.5 Å². The Morgan fingerprint density at radius 1 is 0.400 bits per heavy atom. The molecule has 0 amide bonds. The average molecular weight is 1580 g/mol. The molecule has 0 aromatic heterocycles. The van der Waals surface area contributed by atoms with Gasteiger partial charge in [-0.25, -0.2) is 0 Å². The molecule has 0 aliphatic carbocycles. The first-order valence-electron chi connectivity index (χ1n) is 37.9. The average Bonchev–Trinajstić information content (AvgIpc) is 0.732. The van der Waals surface area contributed by atoms with Crippen LogP contribution in [0.3, 0.4) is 0 Å². The Balaban J connectivity index is 0.000000192. The van der Waals surface area contributed by atoms with Gasteiger partial charge in [0.2, 0.25) is 0 Å². The highest BCUT2D eigenvalue weighted by Crippen LogP contribution is 2.53. The number of rotatable bonds is 26. The third-order valence-corrected chi connectivity index (χ3v) is 22.3. The van der Waals surface area contributed by atoms with Gasteiger partial charge in [0.1, 0.15) is 110 Å². The Kier molecular flexibility index (Phi) is 30.0. The summed E-state index contributed by atoms with van der Waals surface area (Å²) >= 11 is 0. The van der Waals surface area contributed by atoms with Crippen LogP contribution in [0.25, 0.3) is 0 Å². The largest absolute Gasteiger partial charge is 1.00 e. The van der Waals surface area contributed by atoms with Gasteiger partial charge in [0, 0.05) is 50.1 Å². The number of hydrogen-bond donors (Lipinski definition) is 1. The number of carbonyl (C=O) groups excluding carboxylic acids is 3. The van der Waals surface area contributed by atoms with E-state index in [0.29, 0.717) is 74.3 Å². The first-order valence-corrected chi connectivity index (χ1v) is 37.9. The number of quaternary nitrogens is 3. The van der Waals surface area contributed by atoms with Crippen LogP contribution in [0.2, 0.25) is 0 Å². The summed E-state index contributed by atoms with van der Waals surface area (Å²) in [6.45, 7) is 23.3. The number of nitrogens with zero attached hydrogens (tertiary/aromatic N) is 2. The molecule has 572 valence electrons. The van der Waals surface area contributed by atoms with Crippen molar-refractivity contribution in [3.05, 3.63) is 358 Å². The van der Waals surface area contributed by atoms with E-state index in [1.165, 1.54) is 27.2 Å². The minimum Gasteiger partial charge on any atom is -1.00 e. The summed E-state index contributed by atoms with van der Waals surface area (Å²) in [5, 5.41) is 0. The molecule has 3 heterocycles. The molecular weight excluding hydrogens is 1480 g/mol. The van der Waals surface area contributed by atoms with Gasteiger partial charge in [-0.15, -0.1) is 0 Å². The highest BCUT2D eigenvalue weighted by atomic mass is 79.9. The second kappa shape index (κ2) is 39.2. The van der Waals surface area contributed by atoms with Crippen molar-refractivity contribution in [3.8, 4) is 34.5 Å². The zero-order valence-corrected chi connectivity index (χ0v) is 67.4. The number of esters is 3. The summed E-state index contributed by atoms with van der Waals surface area (Å²) in [4.78, 5) is 43.3. The maximum Gasteiger partial charge on any atom is 0.321 e. The molecule has 3 aliphatic heterocycles. The molecule has 0 fully saturated rings. The Morgan fingerprint density at radius 2 is 0.727 bits per heavy atom. The quantitative estimate of drug-likeness (QED) is 0.0323. The van der Waals surface area contributed by atoms with Crippen molar-refractivity contribution in [1.82, 2.24) is 0 Å². The Bertz CT molecular complexity index is 4570. The van der Waals surface area contributed by atoms with E-state index in [9.17, 15) is 14.4 Å². The zero-order valence-electron chi connectivity index (χ0n) is 64.3. The van der Waals surface area contributed by atoms with Gasteiger partial charge in [-0.3, -0.25) is 14.4 Å². The van der Waals surface area contributed by atoms with Gasteiger partial charge in [-0.2, -0.15) is 0 Å². The molecule has 0 bridgehead atoms. The maximum atomic E-state index is 14.5. The molecule has 0 saturated heterocycles. The van der Waals surface area contributed by atoms with Gasteiger partial charge in [-0.1, -0.05) is 260 Å². The lowest BCUT2D eigenvalue weighted by atomic mass is 9.68. The number of ether oxygens (including phenoxy) is 6. The third-order valence-electron chi connectivity index (χ3n) is 22.3. The van der Waals surface area contributed by atoms with E-state index in [-0.39, 0.29) is 59.7 Å². The molecule has 14 rings (SSSR count).